The van der Waals surface area contributed by atoms with Gasteiger partial charge in [0.1, 0.15) is 0 Å². The molecule has 1 atom stereocenters. The van der Waals surface area contributed by atoms with Gasteiger partial charge in [0.25, 0.3) is 5.91 Å². The molecule has 0 fully saturated rings. The van der Waals surface area contributed by atoms with Crippen LogP contribution in [0.15, 0.2) is 18.2 Å². The number of aliphatic hydroxyl groups excluding tert-OH is 1. The molecule has 0 aliphatic carbocycles. The summed E-state index contributed by atoms with van der Waals surface area (Å²) >= 11 is 0. The second-order valence-corrected chi connectivity index (χ2v) is 5.01. The van der Waals surface area contributed by atoms with Gasteiger partial charge in [-0.2, -0.15) is 0 Å². The van der Waals surface area contributed by atoms with Gasteiger partial charge in [-0.15, -0.1) is 0 Å². The zero-order valence-corrected chi connectivity index (χ0v) is 11.3. The lowest BCUT2D eigenvalue weighted by molar-refractivity contribution is -0.127. The molecule has 102 valence electrons. The largest absolute Gasteiger partial charge is 0.388 e. The fraction of sp³-hybridized carbons (Fsp3) is 0.467. The summed E-state index contributed by atoms with van der Waals surface area (Å²) in [5.41, 5.74) is 2.04. The number of benzene rings is 1. The Morgan fingerprint density at radius 3 is 2.79 bits per heavy atom. The molecule has 1 N–H and O–H groups in total. The van der Waals surface area contributed by atoms with Crippen molar-refractivity contribution in [2.24, 2.45) is 0 Å². The minimum absolute atomic E-state index is 0.184. The van der Waals surface area contributed by atoms with Crippen LogP contribution in [0.2, 0.25) is 0 Å². The predicted octanol–water partition coefficient (Wildman–Crippen LogP) is 2.06. The highest BCUT2D eigenvalue weighted by atomic mass is 16.3. The van der Waals surface area contributed by atoms with E-state index in [1.165, 1.54) is 7.05 Å². The topological polar surface area (TPSA) is 57.6 Å². The SMILES string of the molecule is CCCCC(O)c1ccc2c(c1)C(=O)N(C)C(=O)C2. The lowest BCUT2D eigenvalue weighted by atomic mass is 9.93. The van der Waals surface area contributed by atoms with Gasteiger partial charge in [0.05, 0.1) is 12.5 Å². The molecule has 1 unspecified atom stereocenters. The van der Waals surface area contributed by atoms with Crippen molar-refractivity contribution in [3.8, 4) is 0 Å². The number of fused-ring (bicyclic) bond motifs is 1. The first kappa shape index (κ1) is 13.7. The highest BCUT2D eigenvalue weighted by Crippen LogP contribution is 2.25. The summed E-state index contributed by atoms with van der Waals surface area (Å²) in [6, 6.07) is 5.31. The van der Waals surface area contributed by atoms with Crippen molar-refractivity contribution in [2.75, 3.05) is 7.05 Å². The van der Waals surface area contributed by atoms with E-state index in [1.54, 1.807) is 12.1 Å². The molecule has 0 spiro atoms. The number of rotatable bonds is 4. The van der Waals surface area contributed by atoms with Crippen LogP contribution in [0, 0.1) is 0 Å². The highest BCUT2D eigenvalue weighted by Gasteiger charge is 2.28. The Kier molecular flexibility index (Phi) is 4.00. The van der Waals surface area contributed by atoms with E-state index in [0.717, 1.165) is 28.9 Å². The number of hydrogen-bond acceptors (Lipinski definition) is 3. The summed E-state index contributed by atoms with van der Waals surface area (Å²) in [6.07, 6.45) is 2.38. The van der Waals surface area contributed by atoms with Crippen molar-refractivity contribution < 1.29 is 14.7 Å². The highest BCUT2D eigenvalue weighted by molar-refractivity contribution is 6.09. The molecule has 1 heterocycles. The van der Waals surface area contributed by atoms with Crippen LogP contribution in [0.25, 0.3) is 0 Å². The number of hydrogen-bond donors (Lipinski definition) is 1. The van der Waals surface area contributed by atoms with Crippen LogP contribution in [-0.2, 0) is 11.2 Å². The molecular weight excluding hydrogens is 242 g/mol. The van der Waals surface area contributed by atoms with Crippen LogP contribution in [0.3, 0.4) is 0 Å². The van der Waals surface area contributed by atoms with Gasteiger partial charge >= 0.3 is 0 Å². The Balaban J connectivity index is 2.28. The van der Waals surface area contributed by atoms with Crippen molar-refractivity contribution in [3.63, 3.8) is 0 Å². The summed E-state index contributed by atoms with van der Waals surface area (Å²) in [5, 5.41) is 10.1. The molecule has 1 aliphatic heterocycles. The number of imide groups is 1. The molecule has 0 saturated heterocycles. The quantitative estimate of drug-likeness (QED) is 0.844. The number of likely N-dealkylation sites (N-methyl/N-ethyl adjacent to an activating group) is 1. The molecule has 0 aromatic heterocycles. The van der Waals surface area contributed by atoms with Crippen molar-refractivity contribution in [1.29, 1.82) is 0 Å². The van der Waals surface area contributed by atoms with E-state index in [2.05, 4.69) is 6.92 Å². The molecule has 1 aromatic carbocycles. The maximum absolute atomic E-state index is 12.0. The summed E-state index contributed by atoms with van der Waals surface area (Å²) < 4.78 is 0. The summed E-state index contributed by atoms with van der Waals surface area (Å²) in [7, 11) is 1.49. The molecule has 4 heteroatoms. The molecular formula is C15H19NO3. The first-order chi connectivity index (χ1) is 9.04. The van der Waals surface area contributed by atoms with Crippen LogP contribution >= 0.6 is 0 Å². The smallest absolute Gasteiger partial charge is 0.260 e. The van der Waals surface area contributed by atoms with E-state index < -0.39 is 6.10 Å². The van der Waals surface area contributed by atoms with E-state index in [0.29, 0.717) is 12.0 Å². The Morgan fingerprint density at radius 1 is 1.37 bits per heavy atom. The number of aliphatic hydroxyl groups is 1. The predicted molar refractivity (Wildman–Crippen MR) is 71.7 cm³/mol. The van der Waals surface area contributed by atoms with Crippen LogP contribution in [-0.4, -0.2) is 28.9 Å². The van der Waals surface area contributed by atoms with Gasteiger partial charge in [-0.25, -0.2) is 0 Å². The first-order valence-electron chi connectivity index (χ1n) is 6.66. The fourth-order valence-corrected chi connectivity index (χ4v) is 2.29. The van der Waals surface area contributed by atoms with E-state index in [4.69, 9.17) is 0 Å². The third-order valence-corrected chi connectivity index (χ3v) is 3.60. The second kappa shape index (κ2) is 5.53. The minimum atomic E-state index is -0.541. The van der Waals surface area contributed by atoms with Gasteiger partial charge in [0.15, 0.2) is 0 Å². The van der Waals surface area contributed by atoms with E-state index >= 15 is 0 Å². The number of nitrogens with zero attached hydrogens (tertiary/aromatic N) is 1. The molecule has 2 rings (SSSR count). The maximum atomic E-state index is 12.0. The van der Waals surface area contributed by atoms with Crippen molar-refractivity contribution >= 4 is 11.8 Å². The van der Waals surface area contributed by atoms with Crippen LogP contribution in [0.5, 0.6) is 0 Å². The van der Waals surface area contributed by atoms with Gasteiger partial charge in [-0.05, 0) is 23.6 Å². The van der Waals surface area contributed by atoms with E-state index in [9.17, 15) is 14.7 Å². The first-order valence-corrected chi connectivity index (χ1v) is 6.66. The van der Waals surface area contributed by atoms with Crippen LogP contribution < -0.4 is 0 Å². The molecule has 1 aliphatic rings. The Hall–Kier alpha value is -1.68. The third kappa shape index (κ3) is 2.68. The monoisotopic (exact) mass is 261 g/mol. The Bertz CT molecular complexity index is 510. The lowest BCUT2D eigenvalue weighted by Crippen LogP contribution is -2.39. The van der Waals surface area contributed by atoms with Crippen molar-refractivity contribution in [1.82, 2.24) is 4.90 Å². The zero-order chi connectivity index (χ0) is 14.0. The van der Waals surface area contributed by atoms with Crippen LogP contribution in [0.1, 0.15) is 53.8 Å². The number of carbonyl (C=O) groups is 2. The molecule has 19 heavy (non-hydrogen) atoms. The normalized spacial score (nSPS) is 16.5. The summed E-state index contributed by atoms with van der Waals surface area (Å²) in [6.45, 7) is 2.07. The van der Waals surface area contributed by atoms with Gasteiger partial charge < -0.3 is 5.11 Å². The molecule has 1 aromatic rings. The van der Waals surface area contributed by atoms with Gasteiger partial charge in [0.2, 0.25) is 5.91 Å². The van der Waals surface area contributed by atoms with Gasteiger partial charge in [-0.1, -0.05) is 31.9 Å². The molecule has 0 bridgehead atoms. The second-order valence-electron chi connectivity index (χ2n) is 5.01. The molecule has 0 saturated carbocycles. The number of amides is 2. The van der Waals surface area contributed by atoms with Gasteiger partial charge in [-0.3, -0.25) is 14.5 Å². The molecule has 0 radical (unpaired) electrons. The molecule has 4 nitrogen and oxygen atoms in total. The van der Waals surface area contributed by atoms with Crippen molar-refractivity contribution in [3.05, 3.63) is 34.9 Å². The lowest BCUT2D eigenvalue weighted by Gasteiger charge is -2.24. The summed E-state index contributed by atoms with van der Waals surface area (Å²) in [4.78, 5) is 24.8. The third-order valence-electron chi connectivity index (χ3n) is 3.60. The fourth-order valence-electron chi connectivity index (χ4n) is 2.29. The zero-order valence-electron chi connectivity index (χ0n) is 11.3. The maximum Gasteiger partial charge on any atom is 0.260 e. The average Bonchev–Trinajstić information content (AvgIpc) is 2.42. The minimum Gasteiger partial charge on any atom is -0.388 e. The van der Waals surface area contributed by atoms with Crippen molar-refractivity contribution in [2.45, 2.75) is 38.7 Å². The number of carbonyl (C=O) groups excluding carboxylic acids is 2. The van der Waals surface area contributed by atoms with Crippen LogP contribution in [0.4, 0.5) is 0 Å². The van der Waals surface area contributed by atoms with Gasteiger partial charge in [0, 0.05) is 12.6 Å². The van der Waals surface area contributed by atoms with E-state index in [1.807, 2.05) is 6.07 Å². The summed E-state index contributed by atoms with van der Waals surface area (Å²) in [5.74, 6) is -0.465. The standard InChI is InChI=1S/C15H19NO3/c1-3-4-5-13(17)11-7-6-10-9-14(18)16(2)15(19)12(10)8-11/h6-8,13,17H,3-5,9H2,1-2H3. The number of unbranched alkanes of at least 4 members (excludes halogenated alkanes) is 1. The van der Waals surface area contributed by atoms with E-state index in [-0.39, 0.29) is 18.2 Å². The Labute approximate surface area is 113 Å². The average molecular weight is 261 g/mol. The molecule has 2 amide bonds. The Morgan fingerprint density at radius 2 is 2.11 bits per heavy atom.